The van der Waals surface area contributed by atoms with Gasteiger partial charge in [-0.2, -0.15) is 4.31 Å². The SMILES string of the molecule is CCCS(=O)(=O)N1CCCCC1C(=O)NC(CO)CCC(C)(C)C. The van der Waals surface area contributed by atoms with Crippen LogP contribution in [0.1, 0.15) is 66.2 Å². The van der Waals surface area contributed by atoms with E-state index in [0.29, 0.717) is 25.8 Å². The molecule has 2 unspecified atom stereocenters. The van der Waals surface area contributed by atoms with Crippen LogP contribution in [0.5, 0.6) is 0 Å². The first-order valence-corrected chi connectivity index (χ1v) is 10.6. The van der Waals surface area contributed by atoms with E-state index in [1.54, 1.807) is 0 Å². The number of aliphatic hydroxyl groups is 1. The summed E-state index contributed by atoms with van der Waals surface area (Å²) in [4.78, 5) is 12.6. The first-order chi connectivity index (χ1) is 11.1. The summed E-state index contributed by atoms with van der Waals surface area (Å²) >= 11 is 0. The van der Waals surface area contributed by atoms with Crippen molar-refractivity contribution >= 4 is 15.9 Å². The average molecular weight is 363 g/mol. The van der Waals surface area contributed by atoms with Crippen molar-refractivity contribution in [1.82, 2.24) is 9.62 Å². The lowest BCUT2D eigenvalue weighted by atomic mass is 9.88. The normalized spacial score (nSPS) is 21.5. The van der Waals surface area contributed by atoms with Crippen molar-refractivity contribution in [2.75, 3.05) is 18.9 Å². The molecule has 1 aliphatic heterocycles. The third-order valence-corrected chi connectivity index (χ3v) is 6.46. The second-order valence-corrected chi connectivity index (χ2v) is 9.97. The monoisotopic (exact) mass is 362 g/mol. The van der Waals surface area contributed by atoms with Crippen LogP contribution in [0, 0.1) is 5.41 Å². The lowest BCUT2D eigenvalue weighted by Crippen LogP contribution is -2.54. The number of carbonyl (C=O) groups is 1. The van der Waals surface area contributed by atoms with Crippen molar-refractivity contribution in [3.63, 3.8) is 0 Å². The van der Waals surface area contributed by atoms with Gasteiger partial charge in [0.05, 0.1) is 18.4 Å². The third kappa shape index (κ3) is 6.69. The van der Waals surface area contributed by atoms with E-state index >= 15 is 0 Å². The molecule has 2 atom stereocenters. The van der Waals surface area contributed by atoms with Gasteiger partial charge in [-0.25, -0.2) is 8.42 Å². The molecular formula is C17H34N2O4S. The Kier molecular flexibility index (Phi) is 8.15. The number of nitrogens with zero attached hydrogens (tertiary/aromatic N) is 1. The van der Waals surface area contributed by atoms with Crippen molar-refractivity contribution in [3.05, 3.63) is 0 Å². The summed E-state index contributed by atoms with van der Waals surface area (Å²) in [5, 5.41) is 12.4. The molecule has 1 fully saturated rings. The minimum Gasteiger partial charge on any atom is -0.394 e. The van der Waals surface area contributed by atoms with Gasteiger partial charge < -0.3 is 10.4 Å². The number of hydrogen-bond acceptors (Lipinski definition) is 4. The minimum atomic E-state index is -3.40. The summed E-state index contributed by atoms with van der Waals surface area (Å²) < 4.78 is 26.2. The van der Waals surface area contributed by atoms with Gasteiger partial charge in [-0.3, -0.25) is 4.79 Å². The number of amides is 1. The second kappa shape index (κ2) is 9.15. The molecule has 142 valence electrons. The standard InChI is InChI=1S/C17H34N2O4S/c1-5-12-24(22,23)19-11-7-6-8-15(19)16(21)18-14(13-20)9-10-17(2,3)4/h14-15,20H,5-13H2,1-4H3,(H,18,21). The highest BCUT2D eigenvalue weighted by Gasteiger charge is 2.36. The van der Waals surface area contributed by atoms with Crippen LogP contribution in [0.15, 0.2) is 0 Å². The molecule has 2 N–H and O–H groups in total. The predicted molar refractivity (Wildman–Crippen MR) is 96.1 cm³/mol. The van der Waals surface area contributed by atoms with E-state index in [1.807, 2.05) is 6.92 Å². The molecule has 0 spiro atoms. The van der Waals surface area contributed by atoms with Gasteiger partial charge in [0.2, 0.25) is 15.9 Å². The summed E-state index contributed by atoms with van der Waals surface area (Å²) in [6.07, 6.45) is 4.29. The van der Waals surface area contributed by atoms with Gasteiger partial charge in [0.25, 0.3) is 0 Å². The maximum absolute atomic E-state index is 12.6. The summed E-state index contributed by atoms with van der Waals surface area (Å²) in [5.74, 6) is -0.202. The van der Waals surface area contributed by atoms with E-state index in [-0.39, 0.29) is 29.7 Å². The summed E-state index contributed by atoms with van der Waals surface area (Å²) in [5.41, 5.74) is 0.124. The maximum Gasteiger partial charge on any atom is 0.238 e. The lowest BCUT2D eigenvalue weighted by Gasteiger charge is -2.34. The molecule has 1 saturated heterocycles. The van der Waals surface area contributed by atoms with Crippen molar-refractivity contribution in [3.8, 4) is 0 Å². The molecule has 0 aromatic heterocycles. The van der Waals surface area contributed by atoms with Gasteiger partial charge in [0.1, 0.15) is 6.04 Å². The zero-order chi connectivity index (χ0) is 18.4. The number of aliphatic hydroxyl groups excluding tert-OH is 1. The zero-order valence-electron chi connectivity index (χ0n) is 15.5. The Morgan fingerprint density at radius 1 is 1.33 bits per heavy atom. The third-order valence-electron chi connectivity index (χ3n) is 4.39. The molecule has 1 aliphatic rings. The number of piperidine rings is 1. The Morgan fingerprint density at radius 2 is 2.00 bits per heavy atom. The molecule has 0 saturated carbocycles. The molecule has 1 heterocycles. The summed E-state index contributed by atoms with van der Waals surface area (Å²) in [7, 11) is -3.40. The van der Waals surface area contributed by atoms with Gasteiger partial charge in [-0.1, -0.05) is 34.1 Å². The van der Waals surface area contributed by atoms with Crippen LogP contribution in [0.3, 0.4) is 0 Å². The Hall–Kier alpha value is -0.660. The molecule has 0 aliphatic carbocycles. The Balaban J connectivity index is 2.75. The van der Waals surface area contributed by atoms with Gasteiger partial charge in [-0.15, -0.1) is 0 Å². The van der Waals surface area contributed by atoms with E-state index in [9.17, 15) is 18.3 Å². The molecule has 6 nitrogen and oxygen atoms in total. The van der Waals surface area contributed by atoms with Crippen molar-refractivity contribution in [2.45, 2.75) is 78.3 Å². The predicted octanol–water partition coefficient (Wildman–Crippen LogP) is 1.88. The molecule has 1 rings (SSSR count). The van der Waals surface area contributed by atoms with Crippen LogP contribution >= 0.6 is 0 Å². The van der Waals surface area contributed by atoms with E-state index in [4.69, 9.17) is 0 Å². The average Bonchev–Trinajstić information content (AvgIpc) is 2.50. The number of sulfonamides is 1. The van der Waals surface area contributed by atoms with Crippen LogP contribution in [0.2, 0.25) is 0 Å². The molecule has 1 amide bonds. The molecule has 0 aromatic carbocycles. The number of hydrogen-bond donors (Lipinski definition) is 2. The largest absolute Gasteiger partial charge is 0.394 e. The highest BCUT2D eigenvalue weighted by molar-refractivity contribution is 7.89. The Labute approximate surface area is 147 Å². The van der Waals surface area contributed by atoms with Gasteiger partial charge in [0, 0.05) is 6.54 Å². The summed E-state index contributed by atoms with van der Waals surface area (Å²) in [6.45, 7) is 8.45. The van der Waals surface area contributed by atoms with E-state index < -0.39 is 16.1 Å². The molecule has 0 radical (unpaired) electrons. The number of rotatable bonds is 8. The highest BCUT2D eigenvalue weighted by Crippen LogP contribution is 2.23. The highest BCUT2D eigenvalue weighted by atomic mass is 32.2. The van der Waals surface area contributed by atoms with Gasteiger partial charge in [0.15, 0.2) is 0 Å². The molecule has 0 bridgehead atoms. The summed E-state index contributed by atoms with van der Waals surface area (Å²) in [6, 6.07) is -0.964. The first kappa shape index (κ1) is 21.4. The van der Waals surface area contributed by atoms with E-state index in [2.05, 4.69) is 26.1 Å². The van der Waals surface area contributed by atoms with Gasteiger partial charge >= 0.3 is 0 Å². The second-order valence-electron chi connectivity index (χ2n) is 7.93. The van der Waals surface area contributed by atoms with Crippen LogP contribution in [-0.4, -0.2) is 54.7 Å². The van der Waals surface area contributed by atoms with Crippen LogP contribution in [-0.2, 0) is 14.8 Å². The molecule has 7 heteroatoms. The van der Waals surface area contributed by atoms with Crippen molar-refractivity contribution in [1.29, 1.82) is 0 Å². The Bertz CT molecular complexity index is 499. The van der Waals surface area contributed by atoms with Crippen molar-refractivity contribution in [2.24, 2.45) is 5.41 Å². The van der Waals surface area contributed by atoms with Crippen LogP contribution in [0.4, 0.5) is 0 Å². The number of carbonyl (C=O) groups excluding carboxylic acids is 1. The first-order valence-electron chi connectivity index (χ1n) is 9.01. The van der Waals surface area contributed by atoms with E-state index in [1.165, 1.54) is 4.31 Å². The van der Waals surface area contributed by atoms with E-state index in [0.717, 1.165) is 19.3 Å². The van der Waals surface area contributed by atoms with Crippen molar-refractivity contribution < 1.29 is 18.3 Å². The fourth-order valence-electron chi connectivity index (χ4n) is 2.99. The minimum absolute atomic E-state index is 0.0736. The molecular weight excluding hydrogens is 328 g/mol. The fraction of sp³-hybridized carbons (Fsp3) is 0.941. The van der Waals surface area contributed by atoms with Crippen LogP contribution < -0.4 is 5.32 Å². The van der Waals surface area contributed by atoms with Gasteiger partial charge in [-0.05, 0) is 37.5 Å². The lowest BCUT2D eigenvalue weighted by molar-refractivity contribution is -0.126. The topological polar surface area (TPSA) is 86.7 Å². The Morgan fingerprint density at radius 3 is 2.54 bits per heavy atom. The molecule has 24 heavy (non-hydrogen) atoms. The quantitative estimate of drug-likeness (QED) is 0.690. The number of nitrogens with one attached hydrogen (secondary N) is 1. The maximum atomic E-state index is 12.6. The smallest absolute Gasteiger partial charge is 0.238 e. The molecule has 0 aromatic rings. The van der Waals surface area contributed by atoms with Crippen LogP contribution in [0.25, 0.3) is 0 Å². The zero-order valence-corrected chi connectivity index (χ0v) is 16.4. The fourth-order valence-corrected chi connectivity index (χ4v) is 4.74.